The third-order valence-corrected chi connectivity index (χ3v) is 5.11. The summed E-state index contributed by atoms with van der Waals surface area (Å²) < 4.78 is 10.4. The van der Waals surface area contributed by atoms with Crippen molar-refractivity contribution >= 4 is 23.4 Å². The fourth-order valence-electron chi connectivity index (χ4n) is 3.43. The second-order valence-corrected chi connectivity index (χ2v) is 7.15. The van der Waals surface area contributed by atoms with Crippen LogP contribution in [0.4, 0.5) is 0 Å². The van der Waals surface area contributed by atoms with E-state index < -0.39 is 6.04 Å². The third kappa shape index (κ3) is 4.98. The number of ether oxygens (including phenoxy) is 2. The predicted octanol–water partition coefficient (Wildman–Crippen LogP) is 2.72. The molecule has 2 aromatic rings. The average Bonchev–Trinajstić information content (AvgIpc) is 3.23. The van der Waals surface area contributed by atoms with Crippen molar-refractivity contribution in [2.24, 2.45) is 0 Å². The Kier molecular flexibility index (Phi) is 6.93. The molecule has 29 heavy (non-hydrogen) atoms. The molecule has 1 unspecified atom stereocenters. The summed E-state index contributed by atoms with van der Waals surface area (Å²) in [4.78, 5) is 31.7. The van der Waals surface area contributed by atoms with Crippen LogP contribution in [0.15, 0.2) is 36.4 Å². The molecule has 1 N–H and O–H groups in total. The molecule has 1 saturated heterocycles. The number of carbonyl (C=O) groups excluding carboxylic acids is 2. The quantitative estimate of drug-likeness (QED) is 0.749. The van der Waals surface area contributed by atoms with Gasteiger partial charge in [0, 0.05) is 36.3 Å². The van der Waals surface area contributed by atoms with Crippen molar-refractivity contribution in [3.05, 3.63) is 52.7 Å². The van der Waals surface area contributed by atoms with Crippen molar-refractivity contribution in [2.45, 2.75) is 25.3 Å². The maximum absolute atomic E-state index is 13.0. The number of pyridine rings is 1. The second kappa shape index (κ2) is 9.60. The fourth-order valence-corrected chi connectivity index (χ4v) is 3.60. The summed E-state index contributed by atoms with van der Waals surface area (Å²) in [6, 6.07) is 9.90. The van der Waals surface area contributed by atoms with Gasteiger partial charge in [0.15, 0.2) is 0 Å². The largest absolute Gasteiger partial charge is 0.496 e. The maximum Gasteiger partial charge on any atom is 0.258 e. The Bertz CT molecular complexity index is 890. The molecule has 0 bridgehead atoms. The zero-order valence-corrected chi connectivity index (χ0v) is 17.2. The molecule has 1 aliphatic rings. The Balaban J connectivity index is 1.63. The minimum absolute atomic E-state index is 0.167. The van der Waals surface area contributed by atoms with E-state index in [-0.39, 0.29) is 11.8 Å². The number of halogens is 1. The highest BCUT2D eigenvalue weighted by atomic mass is 35.5. The average molecular weight is 418 g/mol. The lowest BCUT2D eigenvalue weighted by atomic mass is 10.1. The van der Waals surface area contributed by atoms with Gasteiger partial charge in [0.2, 0.25) is 11.8 Å². The third-order valence-electron chi connectivity index (χ3n) is 4.88. The summed E-state index contributed by atoms with van der Waals surface area (Å²) >= 11 is 6.05. The van der Waals surface area contributed by atoms with E-state index >= 15 is 0 Å². The van der Waals surface area contributed by atoms with Gasteiger partial charge in [-0.15, -0.1) is 0 Å². The first-order valence-corrected chi connectivity index (χ1v) is 9.83. The van der Waals surface area contributed by atoms with E-state index in [0.717, 1.165) is 12.1 Å². The molecular formula is C21H24ClN3O4. The van der Waals surface area contributed by atoms with Gasteiger partial charge in [0.1, 0.15) is 11.8 Å². The zero-order chi connectivity index (χ0) is 20.8. The molecule has 0 spiro atoms. The van der Waals surface area contributed by atoms with E-state index in [9.17, 15) is 9.59 Å². The van der Waals surface area contributed by atoms with Crippen LogP contribution in [0.1, 0.15) is 28.9 Å². The molecule has 0 aliphatic carbocycles. The van der Waals surface area contributed by atoms with Crippen molar-refractivity contribution in [2.75, 3.05) is 27.3 Å². The van der Waals surface area contributed by atoms with E-state index in [1.807, 2.05) is 12.1 Å². The number of likely N-dealkylation sites (tertiary alicyclic amines) is 1. The first kappa shape index (κ1) is 20.9. The molecule has 1 fully saturated rings. The molecule has 7 nitrogen and oxygen atoms in total. The molecule has 0 saturated carbocycles. The summed E-state index contributed by atoms with van der Waals surface area (Å²) in [5.41, 5.74) is 1.19. The van der Waals surface area contributed by atoms with Gasteiger partial charge >= 0.3 is 0 Å². The monoisotopic (exact) mass is 417 g/mol. The van der Waals surface area contributed by atoms with Crippen molar-refractivity contribution < 1.29 is 19.1 Å². The van der Waals surface area contributed by atoms with Gasteiger partial charge in [-0.1, -0.05) is 17.7 Å². The van der Waals surface area contributed by atoms with E-state index in [2.05, 4.69) is 10.3 Å². The Labute approximate surface area is 175 Å². The molecule has 1 aromatic carbocycles. The van der Waals surface area contributed by atoms with E-state index in [1.54, 1.807) is 36.3 Å². The smallest absolute Gasteiger partial charge is 0.258 e. The lowest BCUT2D eigenvalue weighted by Gasteiger charge is -2.25. The summed E-state index contributed by atoms with van der Waals surface area (Å²) in [5, 5.41) is 3.36. The van der Waals surface area contributed by atoms with Crippen LogP contribution in [0.3, 0.4) is 0 Å². The van der Waals surface area contributed by atoms with Gasteiger partial charge < -0.3 is 19.7 Å². The molecule has 2 amide bonds. The highest BCUT2D eigenvalue weighted by Crippen LogP contribution is 2.27. The molecule has 0 radical (unpaired) electrons. The molecule has 154 valence electrons. The van der Waals surface area contributed by atoms with Gasteiger partial charge in [-0.05, 0) is 37.1 Å². The maximum atomic E-state index is 13.0. The van der Waals surface area contributed by atoms with Crippen LogP contribution in [0.5, 0.6) is 11.6 Å². The standard InChI is InChI=1S/C21H24ClN3O4/c1-28-18-9-8-14(22)13-16(18)21(27)25-12-4-6-17(25)20(26)23-11-10-15-5-3-7-19(24-15)29-2/h3,5,7-9,13,17H,4,6,10-12H2,1-2H3,(H,23,26). The van der Waals surface area contributed by atoms with Gasteiger partial charge in [0.25, 0.3) is 5.91 Å². The second-order valence-electron chi connectivity index (χ2n) is 6.71. The van der Waals surface area contributed by atoms with Gasteiger partial charge in [-0.25, -0.2) is 4.98 Å². The fraction of sp³-hybridized carbons (Fsp3) is 0.381. The number of hydrogen-bond donors (Lipinski definition) is 1. The highest BCUT2D eigenvalue weighted by Gasteiger charge is 2.35. The normalized spacial score (nSPS) is 15.8. The van der Waals surface area contributed by atoms with Gasteiger partial charge in [0.05, 0.1) is 19.8 Å². The number of benzene rings is 1. The number of nitrogens with one attached hydrogen (secondary N) is 1. The van der Waals surface area contributed by atoms with Crippen LogP contribution < -0.4 is 14.8 Å². The number of methoxy groups -OCH3 is 2. The Morgan fingerprint density at radius 2 is 2.07 bits per heavy atom. The van der Waals surface area contributed by atoms with E-state index in [4.69, 9.17) is 21.1 Å². The summed E-state index contributed by atoms with van der Waals surface area (Å²) in [7, 11) is 3.06. The van der Waals surface area contributed by atoms with E-state index in [1.165, 1.54) is 7.11 Å². The Morgan fingerprint density at radius 3 is 2.83 bits per heavy atom. The molecular weight excluding hydrogens is 394 g/mol. The summed E-state index contributed by atoms with van der Waals surface area (Å²) in [6.07, 6.45) is 1.97. The van der Waals surface area contributed by atoms with Gasteiger partial charge in [-0.3, -0.25) is 9.59 Å². The van der Waals surface area contributed by atoms with Crippen LogP contribution in [0.2, 0.25) is 5.02 Å². The minimum atomic E-state index is -0.510. The Hall–Kier alpha value is -2.80. The molecule has 8 heteroatoms. The van der Waals surface area contributed by atoms with Crippen molar-refractivity contribution in [3.63, 3.8) is 0 Å². The molecule has 1 atom stereocenters. The summed E-state index contributed by atoms with van der Waals surface area (Å²) in [5.74, 6) is 0.558. The zero-order valence-electron chi connectivity index (χ0n) is 16.5. The lowest BCUT2D eigenvalue weighted by molar-refractivity contribution is -0.124. The van der Waals surface area contributed by atoms with Gasteiger partial charge in [-0.2, -0.15) is 0 Å². The van der Waals surface area contributed by atoms with Crippen molar-refractivity contribution in [1.82, 2.24) is 15.2 Å². The highest BCUT2D eigenvalue weighted by molar-refractivity contribution is 6.31. The number of nitrogens with zero attached hydrogens (tertiary/aromatic N) is 2. The number of rotatable bonds is 7. The number of aromatic nitrogens is 1. The lowest BCUT2D eigenvalue weighted by Crippen LogP contribution is -2.46. The van der Waals surface area contributed by atoms with Crippen LogP contribution in [-0.4, -0.2) is 55.0 Å². The van der Waals surface area contributed by atoms with Crippen molar-refractivity contribution in [1.29, 1.82) is 0 Å². The molecule has 3 rings (SSSR count). The van der Waals surface area contributed by atoms with Crippen LogP contribution in [0.25, 0.3) is 0 Å². The molecule has 1 aromatic heterocycles. The van der Waals surface area contributed by atoms with Crippen molar-refractivity contribution in [3.8, 4) is 11.6 Å². The summed E-state index contributed by atoms with van der Waals surface area (Å²) in [6.45, 7) is 0.946. The van der Waals surface area contributed by atoms with E-state index in [0.29, 0.717) is 48.1 Å². The van der Waals surface area contributed by atoms with Crippen LogP contribution in [0, 0.1) is 0 Å². The van der Waals surface area contributed by atoms with Crippen LogP contribution >= 0.6 is 11.6 Å². The minimum Gasteiger partial charge on any atom is -0.496 e. The SMILES string of the molecule is COc1cccc(CCNC(=O)C2CCCN2C(=O)c2cc(Cl)ccc2OC)n1. The first-order chi connectivity index (χ1) is 14.0. The van der Waals surface area contributed by atoms with Crippen LogP contribution in [-0.2, 0) is 11.2 Å². The molecule has 1 aliphatic heterocycles. The molecule has 2 heterocycles. The number of hydrogen-bond acceptors (Lipinski definition) is 5. The Morgan fingerprint density at radius 1 is 1.24 bits per heavy atom. The topological polar surface area (TPSA) is 80.8 Å². The first-order valence-electron chi connectivity index (χ1n) is 9.45. The number of amides is 2. The number of carbonyl (C=O) groups is 2. The predicted molar refractivity (Wildman–Crippen MR) is 110 cm³/mol.